The van der Waals surface area contributed by atoms with Crippen LogP contribution in [0.3, 0.4) is 0 Å². The van der Waals surface area contributed by atoms with Crippen molar-refractivity contribution in [2.75, 3.05) is 6.61 Å². The van der Waals surface area contributed by atoms with Crippen molar-refractivity contribution >= 4 is 29.6 Å². The first-order chi connectivity index (χ1) is 17.1. The van der Waals surface area contributed by atoms with E-state index in [-0.39, 0.29) is 6.42 Å². The molecule has 36 heavy (non-hydrogen) atoms. The van der Waals surface area contributed by atoms with Gasteiger partial charge in [0.05, 0.1) is 0 Å². The molecule has 0 unspecified atom stereocenters. The third kappa shape index (κ3) is 11.4. The molecule has 0 aliphatic carbocycles. The van der Waals surface area contributed by atoms with Gasteiger partial charge in [0.25, 0.3) is 0 Å². The largest absolute Gasteiger partial charge is 0.463 e. The molecule has 0 aromatic carbocycles. The SMILES string of the molecule is CCCCCCC(=O)CCCCCC/C=C/C[C@H]1OC(=O)[C@@](COC(C)=O)(NC(C)=O)[C@H]1OC(C)=O. The first kappa shape index (κ1) is 31.3. The normalized spacial score (nSPS) is 21.3. The summed E-state index contributed by atoms with van der Waals surface area (Å²) in [6, 6.07) is 0. The molecule has 1 fully saturated rings. The standard InChI is InChI=1S/C27H43NO8/c1-5-6-7-13-16-23(32)17-14-11-9-8-10-12-15-18-24-25(35-22(4)31)27(26(33)36-24,28-20(2)29)19-34-21(3)30/h12,15,24-25H,5-11,13-14,16-19H2,1-4H3,(H,28,29)/b15-12+/t24-,25+,27+/m1/s1. The molecule has 0 bridgehead atoms. The fraction of sp³-hybridized carbons (Fsp3) is 0.741. The molecule has 0 aromatic heterocycles. The topological polar surface area (TPSA) is 125 Å². The van der Waals surface area contributed by atoms with E-state index in [1.165, 1.54) is 33.6 Å². The molecule has 0 saturated carbocycles. The van der Waals surface area contributed by atoms with Crippen molar-refractivity contribution in [2.24, 2.45) is 0 Å². The van der Waals surface area contributed by atoms with Crippen molar-refractivity contribution in [3.8, 4) is 0 Å². The Hall–Kier alpha value is -2.71. The monoisotopic (exact) mass is 509 g/mol. The average molecular weight is 510 g/mol. The van der Waals surface area contributed by atoms with Gasteiger partial charge in [-0.25, -0.2) is 4.79 Å². The minimum Gasteiger partial charge on any atom is -0.463 e. The van der Waals surface area contributed by atoms with Crippen molar-refractivity contribution in [1.82, 2.24) is 5.32 Å². The van der Waals surface area contributed by atoms with Gasteiger partial charge in [0.15, 0.2) is 6.10 Å². The molecule has 0 radical (unpaired) electrons. The Kier molecular flexibility index (Phi) is 14.7. The van der Waals surface area contributed by atoms with E-state index in [1.54, 1.807) is 0 Å². The lowest BCUT2D eigenvalue weighted by Gasteiger charge is -2.31. The molecule has 1 saturated heterocycles. The van der Waals surface area contributed by atoms with Gasteiger partial charge < -0.3 is 19.5 Å². The number of cyclic esters (lactones) is 1. The molecule has 1 aliphatic heterocycles. The number of ketones is 1. The van der Waals surface area contributed by atoms with Crippen molar-refractivity contribution in [3.05, 3.63) is 12.2 Å². The maximum absolute atomic E-state index is 12.7. The molecule has 0 spiro atoms. The van der Waals surface area contributed by atoms with Crippen LogP contribution in [-0.2, 0) is 38.2 Å². The average Bonchev–Trinajstić information content (AvgIpc) is 3.04. The van der Waals surface area contributed by atoms with E-state index in [4.69, 9.17) is 14.2 Å². The molecular weight excluding hydrogens is 466 g/mol. The van der Waals surface area contributed by atoms with Crippen LogP contribution in [0.15, 0.2) is 12.2 Å². The highest BCUT2D eigenvalue weighted by atomic mass is 16.6. The highest BCUT2D eigenvalue weighted by Gasteiger charge is 2.61. The Morgan fingerprint density at radius 3 is 2.14 bits per heavy atom. The van der Waals surface area contributed by atoms with Crippen LogP contribution in [0.5, 0.6) is 0 Å². The van der Waals surface area contributed by atoms with Gasteiger partial charge in [-0.1, -0.05) is 51.2 Å². The lowest BCUT2D eigenvalue weighted by molar-refractivity contribution is -0.159. The molecule has 0 aromatic rings. The highest BCUT2D eigenvalue weighted by Crippen LogP contribution is 2.32. The number of allylic oxidation sites excluding steroid dienone is 1. The summed E-state index contributed by atoms with van der Waals surface area (Å²) in [4.78, 5) is 59.5. The minimum atomic E-state index is -1.80. The van der Waals surface area contributed by atoms with Crippen LogP contribution in [0.1, 0.15) is 105 Å². The van der Waals surface area contributed by atoms with Gasteiger partial charge in [0, 0.05) is 40.0 Å². The number of amides is 1. The fourth-order valence-electron chi connectivity index (χ4n) is 4.25. The van der Waals surface area contributed by atoms with Crippen LogP contribution < -0.4 is 5.32 Å². The van der Waals surface area contributed by atoms with E-state index in [2.05, 4.69) is 12.2 Å². The molecule has 9 heteroatoms. The maximum Gasteiger partial charge on any atom is 0.340 e. The zero-order valence-electron chi connectivity index (χ0n) is 22.3. The van der Waals surface area contributed by atoms with Crippen LogP contribution in [-0.4, -0.2) is 54.0 Å². The quantitative estimate of drug-likeness (QED) is 0.127. The van der Waals surface area contributed by atoms with Crippen LogP contribution in [0.4, 0.5) is 0 Å². The molecular formula is C27H43NO8. The second-order valence-corrected chi connectivity index (χ2v) is 9.42. The number of esters is 3. The summed E-state index contributed by atoms with van der Waals surface area (Å²) >= 11 is 0. The second kappa shape index (κ2) is 16.9. The van der Waals surface area contributed by atoms with E-state index in [1.807, 2.05) is 12.2 Å². The molecule has 1 rings (SSSR count). The molecule has 1 amide bonds. The van der Waals surface area contributed by atoms with Gasteiger partial charge in [0.2, 0.25) is 11.4 Å². The van der Waals surface area contributed by atoms with E-state index >= 15 is 0 Å². The predicted octanol–water partition coefficient (Wildman–Crippen LogP) is 4.11. The van der Waals surface area contributed by atoms with Gasteiger partial charge in [-0.15, -0.1) is 0 Å². The Bertz CT molecular complexity index is 778. The first-order valence-corrected chi connectivity index (χ1v) is 13.1. The number of hydrogen-bond donors (Lipinski definition) is 1. The van der Waals surface area contributed by atoms with Crippen molar-refractivity contribution in [2.45, 2.75) is 122 Å². The minimum absolute atomic E-state index is 0.275. The molecule has 3 atom stereocenters. The highest BCUT2D eigenvalue weighted by molar-refractivity contribution is 5.91. The number of carbonyl (C=O) groups is 5. The number of unbranched alkanes of at least 4 members (excludes halogenated alkanes) is 7. The van der Waals surface area contributed by atoms with Gasteiger partial charge in [-0.3, -0.25) is 19.2 Å². The number of hydrogen-bond acceptors (Lipinski definition) is 8. The Morgan fingerprint density at radius 2 is 1.56 bits per heavy atom. The van der Waals surface area contributed by atoms with Crippen molar-refractivity contribution in [3.63, 3.8) is 0 Å². The third-order valence-electron chi connectivity index (χ3n) is 6.06. The predicted molar refractivity (Wildman–Crippen MR) is 134 cm³/mol. The summed E-state index contributed by atoms with van der Waals surface area (Å²) in [5.74, 6) is -2.30. The molecule has 1 aliphatic rings. The second-order valence-electron chi connectivity index (χ2n) is 9.42. The number of ether oxygens (including phenoxy) is 3. The molecule has 1 N–H and O–H groups in total. The smallest absolute Gasteiger partial charge is 0.340 e. The van der Waals surface area contributed by atoms with Gasteiger partial charge in [0.1, 0.15) is 18.5 Å². The van der Waals surface area contributed by atoms with Crippen molar-refractivity contribution < 1.29 is 38.2 Å². The van der Waals surface area contributed by atoms with Gasteiger partial charge in [-0.2, -0.15) is 0 Å². The molecule has 204 valence electrons. The summed E-state index contributed by atoms with van der Waals surface area (Å²) in [5.41, 5.74) is -1.80. The number of carbonyl (C=O) groups excluding carboxylic acids is 5. The van der Waals surface area contributed by atoms with E-state index in [0.29, 0.717) is 18.6 Å². The van der Waals surface area contributed by atoms with Crippen LogP contribution in [0.2, 0.25) is 0 Å². The zero-order valence-corrected chi connectivity index (χ0v) is 22.3. The fourth-order valence-corrected chi connectivity index (χ4v) is 4.25. The van der Waals surface area contributed by atoms with E-state index < -0.39 is 48.2 Å². The van der Waals surface area contributed by atoms with E-state index in [0.717, 1.165) is 44.9 Å². The lowest BCUT2D eigenvalue weighted by Crippen LogP contribution is -2.63. The third-order valence-corrected chi connectivity index (χ3v) is 6.06. The summed E-state index contributed by atoms with van der Waals surface area (Å²) in [6.07, 6.45) is 12.8. The van der Waals surface area contributed by atoms with E-state index in [9.17, 15) is 24.0 Å². The van der Waals surface area contributed by atoms with Crippen LogP contribution in [0.25, 0.3) is 0 Å². The Morgan fingerprint density at radius 1 is 0.917 bits per heavy atom. The van der Waals surface area contributed by atoms with Crippen LogP contribution in [0, 0.1) is 0 Å². The Balaban J connectivity index is 2.51. The Labute approximate surface area is 214 Å². The first-order valence-electron chi connectivity index (χ1n) is 13.1. The lowest BCUT2D eigenvalue weighted by atomic mass is 9.90. The molecule has 9 nitrogen and oxygen atoms in total. The number of Topliss-reactive ketones (excluding diaryl/α,β-unsaturated/α-hetero) is 1. The van der Waals surface area contributed by atoms with Crippen molar-refractivity contribution in [1.29, 1.82) is 0 Å². The zero-order chi connectivity index (χ0) is 27.0. The summed E-state index contributed by atoms with van der Waals surface area (Å²) < 4.78 is 15.8. The number of nitrogens with one attached hydrogen (secondary N) is 1. The summed E-state index contributed by atoms with van der Waals surface area (Å²) in [7, 11) is 0. The summed E-state index contributed by atoms with van der Waals surface area (Å²) in [5, 5.41) is 2.48. The summed E-state index contributed by atoms with van der Waals surface area (Å²) in [6.45, 7) is 5.24. The van der Waals surface area contributed by atoms with Gasteiger partial charge >= 0.3 is 17.9 Å². The number of rotatable bonds is 18. The molecule has 1 heterocycles. The van der Waals surface area contributed by atoms with Crippen LogP contribution >= 0.6 is 0 Å². The maximum atomic E-state index is 12.7. The van der Waals surface area contributed by atoms with Gasteiger partial charge in [-0.05, 0) is 25.7 Å².